The molecule has 0 spiro atoms. The van der Waals surface area contributed by atoms with Crippen molar-refractivity contribution < 1.29 is 14.9 Å². The van der Waals surface area contributed by atoms with E-state index in [9.17, 15) is 5.11 Å². The standard InChI is InChI=1S/C9H18O3/c1-6-4-7(2)9(11,5-10)12-8(6)3/h6-8,10-11H,4-5H2,1-3H3. The highest BCUT2D eigenvalue weighted by Crippen LogP contribution is 2.34. The maximum atomic E-state index is 9.76. The van der Waals surface area contributed by atoms with E-state index in [1.165, 1.54) is 0 Å². The molecule has 1 aliphatic rings. The minimum atomic E-state index is -1.31. The van der Waals surface area contributed by atoms with E-state index in [1.54, 1.807) is 0 Å². The Labute approximate surface area is 73.4 Å². The molecule has 0 radical (unpaired) electrons. The summed E-state index contributed by atoms with van der Waals surface area (Å²) >= 11 is 0. The van der Waals surface area contributed by atoms with E-state index in [4.69, 9.17) is 9.84 Å². The van der Waals surface area contributed by atoms with Crippen LogP contribution in [0.1, 0.15) is 27.2 Å². The Hall–Kier alpha value is -0.120. The summed E-state index contributed by atoms with van der Waals surface area (Å²) in [5.41, 5.74) is 0. The summed E-state index contributed by atoms with van der Waals surface area (Å²) in [5, 5.41) is 18.7. The van der Waals surface area contributed by atoms with Crippen molar-refractivity contribution in [1.82, 2.24) is 0 Å². The molecule has 0 aromatic heterocycles. The zero-order chi connectivity index (χ0) is 9.35. The van der Waals surface area contributed by atoms with Crippen molar-refractivity contribution in [3.63, 3.8) is 0 Å². The highest BCUT2D eigenvalue weighted by atomic mass is 16.6. The number of aliphatic hydroxyl groups excluding tert-OH is 1. The van der Waals surface area contributed by atoms with Crippen molar-refractivity contribution >= 4 is 0 Å². The molecule has 0 aromatic rings. The molecule has 3 nitrogen and oxygen atoms in total. The molecule has 72 valence electrons. The molecular weight excluding hydrogens is 156 g/mol. The maximum absolute atomic E-state index is 9.76. The van der Waals surface area contributed by atoms with Crippen LogP contribution in [0.2, 0.25) is 0 Å². The van der Waals surface area contributed by atoms with Crippen LogP contribution >= 0.6 is 0 Å². The maximum Gasteiger partial charge on any atom is 0.191 e. The topological polar surface area (TPSA) is 49.7 Å². The molecule has 0 saturated carbocycles. The van der Waals surface area contributed by atoms with Gasteiger partial charge in [-0.2, -0.15) is 0 Å². The lowest BCUT2D eigenvalue weighted by Crippen LogP contribution is -2.51. The van der Waals surface area contributed by atoms with Gasteiger partial charge in [-0.1, -0.05) is 13.8 Å². The molecule has 1 aliphatic heterocycles. The first-order valence-corrected chi connectivity index (χ1v) is 4.50. The molecule has 1 rings (SSSR count). The van der Waals surface area contributed by atoms with Crippen molar-refractivity contribution in [2.75, 3.05) is 6.61 Å². The predicted octanol–water partition coefficient (Wildman–Crippen LogP) is 0.748. The smallest absolute Gasteiger partial charge is 0.191 e. The van der Waals surface area contributed by atoms with Crippen LogP contribution in [0.5, 0.6) is 0 Å². The third kappa shape index (κ3) is 1.63. The molecule has 3 heteroatoms. The van der Waals surface area contributed by atoms with Gasteiger partial charge in [0.25, 0.3) is 0 Å². The Bertz CT molecular complexity index is 160. The Morgan fingerprint density at radius 3 is 2.50 bits per heavy atom. The number of hydrogen-bond donors (Lipinski definition) is 2. The normalized spacial score (nSPS) is 49.2. The third-order valence-electron chi connectivity index (χ3n) is 2.91. The first kappa shape index (κ1) is 9.96. The second kappa shape index (κ2) is 3.32. The van der Waals surface area contributed by atoms with Crippen molar-refractivity contribution in [1.29, 1.82) is 0 Å². The van der Waals surface area contributed by atoms with Gasteiger partial charge in [-0.15, -0.1) is 0 Å². The lowest BCUT2D eigenvalue weighted by molar-refractivity contribution is -0.301. The van der Waals surface area contributed by atoms with Crippen LogP contribution in [0.15, 0.2) is 0 Å². The summed E-state index contributed by atoms with van der Waals surface area (Å²) in [6.45, 7) is 5.61. The first-order chi connectivity index (χ1) is 5.49. The molecule has 1 saturated heterocycles. The third-order valence-corrected chi connectivity index (χ3v) is 2.91. The van der Waals surface area contributed by atoms with Gasteiger partial charge in [0.15, 0.2) is 5.79 Å². The van der Waals surface area contributed by atoms with Crippen LogP contribution in [0, 0.1) is 11.8 Å². The van der Waals surface area contributed by atoms with Crippen LogP contribution in [-0.2, 0) is 4.74 Å². The van der Waals surface area contributed by atoms with Gasteiger partial charge in [-0.3, -0.25) is 0 Å². The summed E-state index contributed by atoms with van der Waals surface area (Å²) in [7, 11) is 0. The second-order valence-electron chi connectivity index (χ2n) is 3.94. The molecule has 0 bridgehead atoms. The van der Waals surface area contributed by atoms with Crippen LogP contribution in [0.3, 0.4) is 0 Å². The van der Waals surface area contributed by atoms with Gasteiger partial charge in [0.1, 0.15) is 0 Å². The largest absolute Gasteiger partial charge is 0.391 e. The number of aliphatic hydroxyl groups is 2. The van der Waals surface area contributed by atoms with Gasteiger partial charge >= 0.3 is 0 Å². The second-order valence-corrected chi connectivity index (χ2v) is 3.94. The molecule has 4 unspecified atom stereocenters. The zero-order valence-corrected chi connectivity index (χ0v) is 7.95. The van der Waals surface area contributed by atoms with Crippen molar-refractivity contribution in [2.45, 2.75) is 39.1 Å². The van der Waals surface area contributed by atoms with Gasteiger partial charge in [-0.05, 0) is 19.3 Å². The molecule has 2 N–H and O–H groups in total. The quantitative estimate of drug-likeness (QED) is 0.616. The molecule has 0 amide bonds. The van der Waals surface area contributed by atoms with Crippen molar-refractivity contribution in [3.05, 3.63) is 0 Å². The molecule has 4 atom stereocenters. The Morgan fingerprint density at radius 1 is 1.42 bits per heavy atom. The zero-order valence-electron chi connectivity index (χ0n) is 7.95. The SMILES string of the molecule is CC1CC(C)C(O)(CO)OC1C. The summed E-state index contributed by atoms with van der Waals surface area (Å²) in [6, 6.07) is 0. The van der Waals surface area contributed by atoms with Crippen molar-refractivity contribution in [3.8, 4) is 0 Å². The fourth-order valence-corrected chi connectivity index (χ4v) is 1.68. The van der Waals surface area contributed by atoms with Gasteiger partial charge in [0.2, 0.25) is 0 Å². The van der Waals surface area contributed by atoms with E-state index in [2.05, 4.69) is 6.92 Å². The lowest BCUT2D eigenvalue weighted by atomic mass is 9.84. The number of hydrogen-bond acceptors (Lipinski definition) is 3. The Kier molecular flexibility index (Phi) is 2.76. The van der Waals surface area contributed by atoms with E-state index in [1.807, 2.05) is 13.8 Å². The molecule has 0 aliphatic carbocycles. The number of ether oxygens (including phenoxy) is 1. The summed E-state index contributed by atoms with van der Waals surface area (Å²) in [6.07, 6.45) is 0.927. The monoisotopic (exact) mass is 174 g/mol. The van der Waals surface area contributed by atoms with E-state index in [0.717, 1.165) is 6.42 Å². The lowest BCUT2D eigenvalue weighted by Gasteiger charge is -2.42. The van der Waals surface area contributed by atoms with Gasteiger partial charge in [0, 0.05) is 5.92 Å². The first-order valence-electron chi connectivity index (χ1n) is 4.50. The highest BCUT2D eigenvalue weighted by molar-refractivity contribution is 4.83. The van der Waals surface area contributed by atoms with E-state index in [0.29, 0.717) is 5.92 Å². The average Bonchev–Trinajstić information content (AvgIpc) is 2.01. The molecule has 1 heterocycles. The van der Waals surface area contributed by atoms with E-state index in [-0.39, 0.29) is 18.6 Å². The fourth-order valence-electron chi connectivity index (χ4n) is 1.68. The summed E-state index contributed by atoms with van der Waals surface area (Å²) in [5.74, 6) is -0.855. The van der Waals surface area contributed by atoms with Crippen molar-refractivity contribution in [2.24, 2.45) is 11.8 Å². The fraction of sp³-hybridized carbons (Fsp3) is 1.00. The summed E-state index contributed by atoms with van der Waals surface area (Å²) < 4.78 is 5.35. The predicted molar refractivity (Wildman–Crippen MR) is 45.5 cm³/mol. The van der Waals surface area contributed by atoms with Gasteiger partial charge in [-0.25, -0.2) is 0 Å². The van der Waals surface area contributed by atoms with Crippen LogP contribution < -0.4 is 0 Å². The van der Waals surface area contributed by atoms with Crippen LogP contribution in [-0.4, -0.2) is 28.7 Å². The van der Waals surface area contributed by atoms with Crippen LogP contribution in [0.4, 0.5) is 0 Å². The Morgan fingerprint density at radius 2 is 2.00 bits per heavy atom. The van der Waals surface area contributed by atoms with E-state index >= 15 is 0 Å². The van der Waals surface area contributed by atoms with Crippen LogP contribution in [0.25, 0.3) is 0 Å². The highest BCUT2D eigenvalue weighted by Gasteiger charge is 2.42. The van der Waals surface area contributed by atoms with Gasteiger partial charge < -0.3 is 14.9 Å². The molecule has 0 aromatic carbocycles. The van der Waals surface area contributed by atoms with E-state index < -0.39 is 5.79 Å². The van der Waals surface area contributed by atoms with Gasteiger partial charge in [0.05, 0.1) is 12.7 Å². The molecule has 12 heavy (non-hydrogen) atoms. The molecular formula is C9H18O3. The number of rotatable bonds is 1. The minimum absolute atomic E-state index is 0.00806. The summed E-state index contributed by atoms with van der Waals surface area (Å²) in [4.78, 5) is 0. The molecule has 1 fully saturated rings. The minimum Gasteiger partial charge on any atom is -0.391 e. The Balaban J connectivity index is 2.67. The average molecular weight is 174 g/mol.